The number of hydrogen-bond donors (Lipinski definition) is 0. The van der Waals surface area contributed by atoms with E-state index >= 15 is 0 Å². The van der Waals surface area contributed by atoms with Crippen LogP contribution in [0.5, 0.6) is 0 Å². The van der Waals surface area contributed by atoms with E-state index in [-0.39, 0.29) is 0 Å². The van der Waals surface area contributed by atoms with E-state index in [0.29, 0.717) is 17.5 Å². The summed E-state index contributed by atoms with van der Waals surface area (Å²) < 4.78 is 0. The number of nitrogens with zero attached hydrogens (tertiary/aromatic N) is 4. The maximum absolute atomic E-state index is 5.03. The Balaban J connectivity index is 1.44. The van der Waals surface area contributed by atoms with Gasteiger partial charge in [0.2, 0.25) is 0 Å². The van der Waals surface area contributed by atoms with E-state index in [4.69, 9.17) is 15.0 Å². The highest BCUT2D eigenvalue weighted by molar-refractivity contribution is 5.95. The number of benzene rings is 5. The third-order valence-corrected chi connectivity index (χ3v) is 7.04. The van der Waals surface area contributed by atoms with Gasteiger partial charge >= 0.3 is 0 Å². The number of aromatic nitrogens is 4. The molecule has 5 aromatic carbocycles. The van der Waals surface area contributed by atoms with Gasteiger partial charge in [0, 0.05) is 29.1 Å². The van der Waals surface area contributed by atoms with Crippen molar-refractivity contribution in [1.82, 2.24) is 19.9 Å². The van der Waals surface area contributed by atoms with Crippen molar-refractivity contribution < 1.29 is 0 Å². The van der Waals surface area contributed by atoms with Gasteiger partial charge < -0.3 is 0 Å². The van der Waals surface area contributed by atoms with Crippen molar-refractivity contribution in [2.75, 3.05) is 0 Å². The molecule has 188 valence electrons. The minimum absolute atomic E-state index is 0.645. The second-order valence-electron chi connectivity index (χ2n) is 9.60. The first-order valence-corrected chi connectivity index (χ1v) is 13.2. The molecule has 2 aromatic heterocycles. The Morgan fingerprint density at radius 3 is 1.35 bits per heavy atom. The van der Waals surface area contributed by atoms with Crippen molar-refractivity contribution in [3.8, 4) is 56.4 Å². The average molecular weight is 513 g/mol. The minimum Gasteiger partial charge on any atom is -0.265 e. The molecule has 2 heterocycles. The van der Waals surface area contributed by atoms with Crippen LogP contribution in [-0.2, 0) is 0 Å². The van der Waals surface area contributed by atoms with Crippen LogP contribution in [0.2, 0.25) is 0 Å². The van der Waals surface area contributed by atoms with Crippen LogP contribution >= 0.6 is 0 Å². The van der Waals surface area contributed by atoms with Crippen LogP contribution in [0.15, 0.2) is 146 Å². The Hall–Kier alpha value is -5.48. The zero-order chi connectivity index (χ0) is 26.7. The first-order valence-electron chi connectivity index (χ1n) is 13.2. The summed E-state index contributed by atoms with van der Waals surface area (Å²) in [6.45, 7) is 0. The molecule has 0 N–H and O–H groups in total. The quantitative estimate of drug-likeness (QED) is 0.231. The van der Waals surface area contributed by atoms with E-state index in [1.807, 2.05) is 85.2 Å². The van der Waals surface area contributed by atoms with Gasteiger partial charge in [-0.2, -0.15) is 0 Å². The molecule has 0 radical (unpaired) electrons. The lowest BCUT2D eigenvalue weighted by Gasteiger charge is -2.14. The number of fused-ring (bicyclic) bond motifs is 1. The Bertz CT molecular complexity index is 1860. The largest absolute Gasteiger partial charge is 0.265 e. The van der Waals surface area contributed by atoms with Crippen molar-refractivity contribution >= 4 is 10.8 Å². The van der Waals surface area contributed by atoms with E-state index in [1.165, 1.54) is 5.39 Å². The fourth-order valence-corrected chi connectivity index (χ4v) is 4.98. The highest BCUT2D eigenvalue weighted by Crippen LogP contribution is 2.36. The fraction of sp³-hybridized carbons (Fsp3) is 0. The zero-order valence-corrected chi connectivity index (χ0v) is 21.6. The Morgan fingerprint density at radius 2 is 0.775 bits per heavy atom. The number of rotatable bonds is 5. The lowest BCUT2D eigenvalue weighted by Crippen LogP contribution is -2.01. The molecule has 7 rings (SSSR count). The molecule has 0 aliphatic rings. The van der Waals surface area contributed by atoms with Crippen molar-refractivity contribution in [3.63, 3.8) is 0 Å². The van der Waals surface area contributed by atoms with Crippen LogP contribution in [0.3, 0.4) is 0 Å². The minimum atomic E-state index is 0.645. The van der Waals surface area contributed by atoms with Gasteiger partial charge in [-0.05, 0) is 57.3 Å². The molecule has 4 heteroatoms. The predicted octanol–water partition coefficient (Wildman–Crippen LogP) is 8.75. The molecule has 0 aliphatic carbocycles. The summed E-state index contributed by atoms with van der Waals surface area (Å²) in [5.74, 6) is 1.94. The fourth-order valence-electron chi connectivity index (χ4n) is 4.98. The molecular weight excluding hydrogens is 488 g/mol. The standard InChI is InChI=1S/C36H24N4/c1-3-9-28(10-4-1)34-38-35(29-11-5-2-6-12-29)40-36(39-34)33-24-31-14-8-7-13-30(31)23-32(33)27-17-15-25(16-18-27)26-19-21-37-22-20-26/h1-24H. The van der Waals surface area contributed by atoms with Gasteiger partial charge in [0.15, 0.2) is 17.5 Å². The Morgan fingerprint density at radius 1 is 0.325 bits per heavy atom. The molecule has 0 spiro atoms. The van der Waals surface area contributed by atoms with Crippen LogP contribution < -0.4 is 0 Å². The summed E-state index contributed by atoms with van der Waals surface area (Å²) in [5, 5.41) is 2.30. The lowest BCUT2D eigenvalue weighted by atomic mass is 9.93. The lowest BCUT2D eigenvalue weighted by molar-refractivity contribution is 1.07. The topological polar surface area (TPSA) is 51.6 Å². The maximum atomic E-state index is 5.03. The molecule has 0 atom stereocenters. The van der Waals surface area contributed by atoms with Gasteiger partial charge in [0.25, 0.3) is 0 Å². The SMILES string of the molecule is c1ccc(-c2nc(-c3ccccc3)nc(-c3cc4ccccc4cc3-c3ccc(-c4ccncc4)cc3)n2)cc1. The van der Waals surface area contributed by atoms with Crippen LogP contribution in [0.25, 0.3) is 67.2 Å². The van der Waals surface area contributed by atoms with Gasteiger partial charge in [-0.1, -0.05) is 109 Å². The van der Waals surface area contributed by atoms with Gasteiger partial charge in [-0.25, -0.2) is 15.0 Å². The third-order valence-electron chi connectivity index (χ3n) is 7.04. The zero-order valence-electron chi connectivity index (χ0n) is 21.6. The number of pyridine rings is 1. The Labute approximate surface area is 232 Å². The molecule has 0 saturated carbocycles. The molecular formula is C36H24N4. The van der Waals surface area contributed by atoms with Gasteiger partial charge in [-0.15, -0.1) is 0 Å². The molecule has 0 fully saturated rings. The average Bonchev–Trinajstić information content (AvgIpc) is 3.05. The van der Waals surface area contributed by atoms with Crippen molar-refractivity contribution in [3.05, 3.63) is 146 Å². The molecule has 0 amide bonds. The Kier molecular flexibility index (Phi) is 6.11. The summed E-state index contributed by atoms with van der Waals surface area (Å²) in [6, 6.07) is 45.7. The van der Waals surface area contributed by atoms with E-state index in [1.54, 1.807) is 0 Å². The van der Waals surface area contributed by atoms with Crippen LogP contribution in [0.4, 0.5) is 0 Å². The van der Waals surface area contributed by atoms with Gasteiger partial charge in [-0.3, -0.25) is 4.98 Å². The summed E-state index contributed by atoms with van der Waals surface area (Å²) in [6.07, 6.45) is 3.64. The van der Waals surface area contributed by atoms with Crippen molar-refractivity contribution in [2.45, 2.75) is 0 Å². The molecule has 0 saturated heterocycles. The molecule has 0 aliphatic heterocycles. The molecule has 40 heavy (non-hydrogen) atoms. The van der Waals surface area contributed by atoms with Crippen LogP contribution in [0.1, 0.15) is 0 Å². The first-order chi connectivity index (χ1) is 19.8. The normalized spacial score (nSPS) is 11.0. The van der Waals surface area contributed by atoms with Crippen LogP contribution in [-0.4, -0.2) is 19.9 Å². The van der Waals surface area contributed by atoms with Gasteiger partial charge in [0.1, 0.15) is 0 Å². The van der Waals surface area contributed by atoms with E-state index in [9.17, 15) is 0 Å². The summed E-state index contributed by atoms with van der Waals surface area (Å²) >= 11 is 0. The maximum Gasteiger partial charge on any atom is 0.164 e. The van der Waals surface area contributed by atoms with Crippen molar-refractivity contribution in [2.24, 2.45) is 0 Å². The molecule has 4 nitrogen and oxygen atoms in total. The monoisotopic (exact) mass is 512 g/mol. The molecule has 0 bridgehead atoms. The molecule has 7 aromatic rings. The number of hydrogen-bond acceptors (Lipinski definition) is 4. The van der Waals surface area contributed by atoms with E-state index in [0.717, 1.165) is 44.3 Å². The second-order valence-corrected chi connectivity index (χ2v) is 9.60. The highest BCUT2D eigenvalue weighted by atomic mass is 15.0. The molecule has 0 unspecified atom stereocenters. The van der Waals surface area contributed by atoms with E-state index in [2.05, 4.69) is 65.6 Å². The predicted molar refractivity (Wildman–Crippen MR) is 162 cm³/mol. The summed E-state index contributed by atoms with van der Waals surface area (Å²) in [4.78, 5) is 19.1. The third kappa shape index (κ3) is 4.63. The smallest absolute Gasteiger partial charge is 0.164 e. The van der Waals surface area contributed by atoms with Crippen LogP contribution in [0, 0.1) is 0 Å². The van der Waals surface area contributed by atoms with Gasteiger partial charge in [0.05, 0.1) is 0 Å². The first kappa shape index (κ1) is 23.6. The summed E-state index contributed by atoms with van der Waals surface area (Å²) in [5.41, 5.74) is 7.32. The summed E-state index contributed by atoms with van der Waals surface area (Å²) in [7, 11) is 0. The van der Waals surface area contributed by atoms with E-state index < -0.39 is 0 Å². The second kappa shape index (κ2) is 10.4. The highest BCUT2D eigenvalue weighted by Gasteiger charge is 2.17. The van der Waals surface area contributed by atoms with Crippen molar-refractivity contribution in [1.29, 1.82) is 0 Å².